The molecule has 1 aliphatic carbocycles. The summed E-state index contributed by atoms with van der Waals surface area (Å²) in [7, 11) is 1.57. The number of ether oxygens (including phenoxy) is 2. The topological polar surface area (TPSA) is 88.0 Å². The first-order valence-corrected chi connectivity index (χ1v) is 8.02. The normalized spacial score (nSPS) is 35.5. The Morgan fingerprint density at radius 1 is 1.46 bits per heavy atom. The lowest BCUT2D eigenvalue weighted by Gasteiger charge is -2.41. The van der Waals surface area contributed by atoms with E-state index in [9.17, 15) is 19.4 Å². The van der Waals surface area contributed by atoms with Gasteiger partial charge in [0.2, 0.25) is 0 Å². The maximum absolute atomic E-state index is 13.8. The Hall–Kier alpha value is -1.54. The molecule has 3 rings (SSSR count). The van der Waals surface area contributed by atoms with E-state index < -0.39 is 29.5 Å². The molecule has 24 heavy (non-hydrogen) atoms. The van der Waals surface area contributed by atoms with Crippen LogP contribution in [0, 0.1) is 11.7 Å². The molecule has 132 valence electrons. The van der Waals surface area contributed by atoms with Crippen molar-refractivity contribution in [2.45, 2.75) is 36.7 Å². The van der Waals surface area contributed by atoms with Crippen molar-refractivity contribution in [2.24, 2.45) is 5.92 Å². The van der Waals surface area contributed by atoms with Gasteiger partial charge in [-0.15, -0.1) is 0 Å². The molecular weight excluding hydrogens is 317 g/mol. The van der Waals surface area contributed by atoms with Crippen LogP contribution in [0.2, 0.25) is 0 Å². The summed E-state index contributed by atoms with van der Waals surface area (Å²) in [4.78, 5) is 12.3. The van der Waals surface area contributed by atoms with Gasteiger partial charge in [0.1, 0.15) is 11.4 Å². The molecule has 2 fully saturated rings. The highest BCUT2D eigenvalue weighted by molar-refractivity contribution is 5.94. The van der Waals surface area contributed by atoms with Crippen molar-refractivity contribution >= 4 is 5.91 Å². The highest BCUT2D eigenvalue weighted by Crippen LogP contribution is 2.43. The third-order valence-corrected chi connectivity index (χ3v) is 5.01. The first-order chi connectivity index (χ1) is 11.5. The Kier molecular flexibility index (Phi) is 4.87. The minimum absolute atomic E-state index is 0.00896. The van der Waals surface area contributed by atoms with Crippen LogP contribution in [-0.2, 0) is 9.47 Å². The number of hydrogen-bond donors (Lipinski definition) is 3. The molecule has 0 unspecified atom stereocenters. The molecule has 1 heterocycles. The van der Waals surface area contributed by atoms with Crippen LogP contribution in [0.5, 0.6) is 0 Å². The molecule has 0 aromatic heterocycles. The van der Waals surface area contributed by atoms with Gasteiger partial charge >= 0.3 is 0 Å². The van der Waals surface area contributed by atoms with E-state index in [-0.39, 0.29) is 24.2 Å². The first-order valence-electron chi connectivity index (χ1n) is 8.02. The molecule has 1 amide bonds. The van der Waals surface area contributed by atoms with Crippen molar-refractivity contribution in [2.75, 3.05) is 20.3 Å². The highest BCUT2D eigenvalue weighted by atomic mass is 19.1. The lowest BCUT2D eigenvalue weighted by Crippen LogP contribution is -2.60. The smallest absolute Gasteiger partial charge is 0.254 e. The number of aliphatic hydroxyl groups is 2. The molecule has 1 saturated heterocycles. The summed E-state index contributed by atoms with van der Waals surface area (Å²) in [5.41, 5.74) is -1.49. The second-order valence-electron chi connectivity index (χ2n) is 6.55. The molecule has 1 saturated carbocycles. The monoisotopic (exact) mass is 339 g/mol. The molecule has 1 aromatic rings. The average Bonchev–Trinajstić information content (AvgIpc) is 2.79. The number of hydrogen-bond acceptors (Lipinski definition) is 5. The van der Waals surface area contributed by atoms with Crippen LogP contribution < -0.4 is 5.32 Å². The molecule has 3 N–H and O–H groups in total. The number of aliphatic hydroxyl groups excluding tert-OH is 1. The number of rotatable bonds is 4. The lowest BCUT2D eigenvalue weighted by atomic mass is 9.82. The zero-order valence-corrected chi connectivity index (χ0v) is 13.4. The van der Waals surface area contributed by atoms with E-state index >= 15 is 0 Å². The Morgan fingerprint density at radius 3 is 2.92 bits per heavy atom. The minimum Gasteiger partial charge on any atom is -0.391 e. The zero-order valence-electron chi connectivity index (χ0n) is 13.4. The van der Waals surface area contributed by atoms with Crippen LogP contribution >= 0.6 is 0 Å². The van der Waals surface area contributed by atoms with Crippen LogP contribution in [0.3, 0.4) is 0 Å². The fraction of sp³-hybridized carbons (Fsp3) is 0.588. The van der Waals surface area contributed by atoms with Crippen LogP contribution in [0.15, 0.2) is 24.3 Å². The third kappa shape index (κ3) is 3.04. The van der Waals surface area contributed by atoms with Crippen LogP contribution in [0.1, 0.15) is 23.2 Å². The van der Waals surface area contributed by atoms with E-state index in [2.05, 4.69) is 5.32 Å². The molecule has 6 nitrogen and oxygen atoms in total. The van der Waals surface area contributed by atoms with E-state index in [1.165, 1.54) is 18.2 Å². The van der Waals surface area contributed by atoms with E-state index in [0.29, 0.717) is 19.4 Å². The number of benzene rings is 1. The Bertz CT molecular complexity index is 612. The van der Waals surface area contributed by atoms with Gasteiger partial charge in [0.15, 0.2) is 0 Å². The van der Waals surface area contributed by atoms with E-state index in [0.717, 1.165) is 0 Å². The Labute approximate surface area is 139 Å². The van der Waals surface area contributed by atoms with Crippen LogP contribution in [0.4, 0.5) is 4.39 Å². The number of carbonyl (C=O) groups excluding carboxylic acids is 1. The number of fused-ring (bicyclic) bond motifs is 1. The summed E-state index contributed by atoms with van der Waals surface area (Å²) >= 11 is 0. The van der Waals surface area contributed by atoms with Gasteiger partial charge in [-0.3, -0.25) is 4.79 Å². The molecule has 2 aliphatic rings. The van der Waals surface area contributed by atoms with E-state index in [1.807, 2.05) is 0 Å². The molecule has 5 atom stereocenters. The first kappa shape index (κ1) is 17.3. The van der Waals surface area contributed by atoms with Gasteiger partial charge in [-0.05, 0) is 30.9 Å². The molecule has 0 bridgehead atoms. The summed E-state index contributed by atoms with van der Waals surface area (Å²) < 4.78 is 24.4. The number of methoxy groups -OCH3 is 1. The summed E-state index contributed by atoms with van der Waals surface area (Å²) in [6.45, 7) is 0.403. The lowest BCUT2D eigenvalue weighted by molar-refractivity contribution is -0.163. The van der Waals surface area contributed by atoms with Crippen LogP contribution in [-0.4, -0.2) is 60.3 Å². The van der Waals surface area contributed by atoms with Gasteiger partial charge in [-0.2, -0.15) is 0 Å². The zero-order chi connectivity index (χ0) is 17.3. The summed E-state index contributed by atoms with van der Waals surface area (Å²) in [6.07, 6.45) is -0.176. The summed E-state index contributed by atoms with van der Waals surface area (Å²) in [5, 5.41) is 23.9. The van der Waals surface area contributed by atoms with E-state index in [4.69, 9.17) is 9.47 Å². The average molecular weight is 339 g/mol. The van der Waals surface area contributed by atoms with E-state index in [1.54, 1.807) is 13.2 Å². The standard InChI is InChI=1S/C17H22FNO5/c1-23-8-11-6-10-7-14(20)15(17(10,22)9-24-11)19-16(21)12-4-2-3-5-13(12)18/h2-5,10-11,14-15,20,22H,6-9H2,1H3,(H,19,21)/t10-,11+,14+,15-,17-/m0/s1. The quantitative estimate of drug-likeness (QED) is 0.742. The van der Waals surface area contributed by atoms with Crippen molar-refractivity contribution in [3.63, 3.8) is 0 Å². The Morgan fingerprint density at radius 2 is 2.21 bits per heavy atom. The van der Waals surface area contributed by atoms with Crippen molar-refractivity contribution in [1.82, 2.24) is 5.32 Å². The fourth-order valence-corrected chi connectivity index (χ4v) is 3.75. The minimum atomic E-state index is -1.37. The number of carbonyl (C=O) groups is 1. The molecule has 7 heteroatoms. The second-order valence-corrected chi connectivity index (χ2v) is 6.55. The van der Waals surface area contributed by atoms with Gasteiger partial charge in [0.05, 0.1) is 37.0 Å². The highest BCUT2D eigenvalue weighted by Gasteiger charge is 2.57. The van der Waals surface area contributed by atoms with Gasteiger partial charge in [0.25, 0.3) is 5.91 Å². The number of halogens is 1. The molecular formula is C17H22FNO5. The molecule has 0 radical (unpaired) electrons. The second kappa shape index (κ2) is 6.76. The van der Waals surface area contributed by atoms with Gasteiger partial charge in [-0.25, -0.2) is 4.39 Å². The maximum atomic E-state index is 13.8. The largest absolute Gasteiger partial charge is 0.391 e. The van der Waals surface area contributed by atoms with Crippen molar-refractivity contribution < 1.29 is 28.9 Å². The number of nitrogens with one attached hydrogen (secondary N) is 1. The molecule has 1 aliphatic heterocycles. The van der Waals surface area contributed by atoms with Gasteiger partial charge in [-0.1, -0.05) is 12.1 Å². The SMILES string of the molecule is COC[C@H]1C[C@H]2C[C@@H](O)[C@H](NC(=O)c3ccccc3F)[C@]2(O)CO1. The summed E-state index contributed by atoms with van der Waals surface area (Å²) in [5.74, 6) is -1.52. The Balaban J connectivity index is 1.74. The van der Waals surface area contributed by atoms with Crippen molar-refractivity contribution in [3.05, 3.63) is 35.6 Å². The van der Waals surface area contributed by atoms with Gasteiger partial charge in [0, 0.05) is 7.11 Å². The fourth-order valence-electron chi connectivity index (χ4n) is 3.75. The molecule has 1 aromatic carbocycles. The molecule has 0 spiro atoms. The van der Waals surface area contributed by atoms with Crippen molar-refractivity contribution in [3.8, 4) is 0 Å². The van der Waals surface area contributed by atoms with Crippen molar-refractivity contribution in [1.29, 1.82) is 0 Å². The van der Waals surface area contributed by atoms with Gasteiger partial charge < -0.3 is 25.0 Å². The predicted molar refractivity (Wildman–Crippen MR) is 83.0 cm³/mol. The number of amides is 1. The summed E-state index contributed by atoms with van der Waals surface area (Å²) in [6, 6.07) is 4.69. The third-order valence-electron chi connectivity index (χ3n) is 5.01. The predicted octanol–water partition coefficient (Wildman–Crippen LogP) is 0.471. The van der Waals surface area contributed by atoms with Crippen LogP contribution in [0.25, 0.3) is 0 Å². The maximum Gasteiger partial charge on any atom is 0.254 e.